The van der Waals surface area contributed by atoms with Crippen LogP contribution in [0, 0.1) is 0 Å². The van der Waals surface area contributed by atoms with Crippen LogP contribution in [0.15, 0.2) is 47.2 Å². The Morgan fingerprint density at radius 2 is 1.86 bits per heavy atom. The van der Waals surface area contributed by atoms with Crippen LogP contribution >= 0.6 is 11.3 Å². The second-order valence-corrected chi connectivity index (χ2v) is 6.19. The summed E-state index contributed by atoms with van der Waals surface area (Å²) in [5, 5.41) is 5.96. The summed E-state index contributed by atoms with van der Waals surface area (Å²) in [6.07, 6.45) is 0. The van der Waals surface area contributed by atoms with Crippen molar-refractivity contribution in [2.75, 3.05) is 0 Å². The minimum absolute atomic E-state index is 0.524. The molecule has 0 unspecified atom stereocenters. The molecule has 0 spiro atoms. The first kappa shape index (κ1) is 8.48. The molecular formula is C12H8SSe. The van der Waals surface area contributed by atoms with Crippen molar-refractivity contribution < 1.29 is 0 Å². The molecule has 0 atom stereocenters. The van der Waals surface area contributed by atoms with Gasteiger partial charge in [0.05, 0.1) is 0 Å². The van der Waals surface area contributed by atoms with E-state index in [-0.39, 0.29) is 0 Å². The normalized spacial score (nSPS) is 10.9. The summed E-state index contributed by atoms with van der Waals surface area (Å²) < 4.78 is 3.05. The third-order valence-corrected chi connectivity index (χ3v) is 5.72. The van der Waals surface area contributed by atoms with E-state index >= 15 is 0 Å². The van der Waals surface area contributed by atoms with E-state index in [0.717, 1.165) is 0 Å². The van der Waals surface area contributed by atoms with E-state index in [1.807, 2.05) is 11.3 Å². The molecule has 0 fully saturated rings. The Labute approximate surface area is 92.6 Å². The van der Waals surface area contributed by atoms with Gasteiger partial charge in [-0.05, 0) is 0 Å². The van der Waals surface area contributed by atoms with Crippen molar-refractivity contribution >= 4 is 35.5 Å². The van der Waals surface area contributed by atoms with Gasteiger partial charge >= 0.3 is 92.6 Å². The number of fused-ring (bicyclic) bond motifs is 1. The molecule has 3 rings (SSSR count). The van der Waals surface area contributed by atoms with Crippen molar-refractivity contribution in [2.45, 2.75) is 0 Å². The maximum absolute atomic E-state index is 2.33. The second kappa shape index (κ2) is 3.39. The van der Waals surface area contributed by atoms with E-state index in [2.05, 4.69) is 47.2 Å². The van der Waals surface area contributed by atoms with E-state index in [9.17, 15) is 0 Å². The monoisotopic (exact) mass is 264 g/mol. The Hall–Kier alpha value is -0.821. The van der Waals surface area contributed by atoms with Crippen LogP contribution < -0.4 is 0 Å². The molecule has 0 aliphatic heterocycles. The first-order valence-corrected chi connectivity index (χ1v) is 7.10. The summed E-state index contributed by atoms with van der Waals surface area (Å²) in [6, 6.07) is 13.0. The predicted molar refractivity (Wildman–Crippen MR) is 64.2 cm³/mol. The van der Waals surface area contributed by atoms with Crippen molar-refractivity contribution in [3.05, 3.63) is 47.2 Å². The molecule has 0 bridgehead atoms. The van der Waals surface area contributed by atoms with Crippen molar-refractivity contribution in [1.29, 1.82) is 0 Å². The molecule has 2 aromatic heterocycles. The summed E-state index contributed by atoms with van der Waals surface area (Å²) in [7, 11) is 0. The standard InChI is InChI=1S/C12H8SSe/c1-2-4-9(5-3-1)11-6-10-7-13-8-12(10)14-11/h1-8H. The van der Waals surface area contributed by atoms with Crippen molar-refractivity contribution in [3.8, 4) is 10.0 Å². The Morgan fingerprint density at radius 1 is 1.00 bits per heavy atom. The van der Waals surface area contributed by atoms with Crippen molar-refractivity contribution in [2.24, 2.45) is 0 Å². The van der Waals surface area contributed by atoms with Crippen LogP contribution in [0.25, 0.3) is 19.6 Å². The van der Waals surface area contributed by atoms with Gasteiger partial charge < -0.3 is 0 Å². The van der Waals surface area contributed by atoms with E-state index in [1.54, 1.807) is 4.26 Å². The summed E-state index contributed by atoms with van der Waals surface area (Å²) in [5.41, 5.74) is 1.38. The molecule has 0 saturated carbocycles. The number of hydrogen-bond acceptors (Lipinski definition) is 1. The minimum atomic E-state index is 0.524. The number of thiophene rings is 1. The van der Waals surface area contributed by atoms with Crippen LogP contribution in [0.2, 0.25) is 0 Å². The molecule has 0 nitrogen and oxygen atoms in total. The Kier molecular flexibility index (Phi) is 2.06. The average molecular weight is 263 g/mol. The van der Waals surface area contributed by atoms with Gasteiger partial charge in [-0.15, -0.1) is 0 Å². The molecule has 0 saturated heterocycles. The molecule has 0 radical (unpaired) electrons. The van der Waals surface area contributed by atoms with Gasteiger partial charge in [-0.1, -0.05) is 0 Å². The van der Waals surface area contributed by atoms with Gasteiger partial charge in [0, 0.05) is 0 Å². The van der Waals surface area contributed by atoms with Gasteiger partial charge in [0.15, 0.2) is 0 Å². The molecule has 14 heavy (non-hydrogen) atoms. The molecule has 1 aromatic carbocycles. The molecule has 2 heteroatoms. The van der Waals surface area contributed by atoms with Crippen LogP contribution in [0.1, 0.15) is 0 Å². The van der Waals surface area contributed by atoms with Gasteiger partial charge in [-0.3, -0.25) is 0 Å². The van der Waals surface area contributed by atoms with E-state index in [4.69, 9.17) is 0 Å². The fraction of sp³-hybridized carbons (Fsp3) is 0. The maximum atomic E-state index is 2.33. The Morgan fingerprint density at radius 3 is 2.64 bits per heavy atom. The first-order valence-electron chi connectivity index (χ1n) is 4.45. The van der Waals surface area contributed by atoms with Crippen molar-refractivity contribution in [1.82, 2.24) is 0 Å². The zero-order valence-corrected chi connectivity index (χ0v) is 9.96. The SMILES string of the molecule is c1ccc(-c2cc3cscc3[se]2)cc1. The zero-order valence-electron chi connectivity index (χ0n) is 7.44. The molecule has 68 valence electrons. The topological polar surface area (TPSA) is 0 Å². The molecule has 0 N–H and O–H groups in total. The van der Waals surface area contributed by atoms with Gasteiger partial charge in [0.1, 0.15) is 0 Å². The quantitative estimate of drug-likeness (QED) is 0.588. The number of hydrogen-bond donors (Lipinski definition) is 0. The fourth-order valence-electron chi connectivity index (χ4n) is 1.52. The third-order valence-electron chi connectivity index (χ3n) is 2.22. The summed E-state index contributed by atoms with van der Waals surface area (Å²) in [4.78, 5) is 0. The number of benzene rings is 1. The zero-order chi connectivity index (χ0) is 9.38. The van der Waals surface area contributed by atoms with Crippen LogP contribution in [0.5, 0.6) is 0 Å². The summed E-state index contributed by atoms with van der Waals surface area (Å²) >= 11 is 2.33. The average Bonchev–Trinajstić information content (AvgIpc) is 2.78. The molecule has 0 aliphatic rings. The Bertz CT molecular complexity index is 519. The fourth-order valence-corrected chi connectivity index (χ4v) is 4.97. The van der Waals surface area contributed by atoms with E-state index in [0.29, 0.717) is 14.5 Å². The molecule has 0 amide bonds. The molecule has 0 aliphatic carbocycles. The number of rotatable bonds is 1. The van der Waals surface area contributed by atoms with E-state index < -0.39 is 0 Å². The molecular weight excluding hydrogens is 255 g/mol. The van der Waals surface area contributed by atoms with E-state index in [1.165, 1.54) is 15.4 Å². The van der Waals surface area contributed by atoms with Gasteiger partial charge in [0.2, 0.25) is 0 Å². The summed E-state index contributed by atoms with van der Waals surface area (Å²) in [5.74, 6) is 0. The van der Waals surface area contributed by atoms with Crippen molar-refractivity contribution in [3.63, 3.8) is 0 Å². The first-order chi connectivity index (χ1) is 6.93. The van der Waals surface area contributed by atoms with Crippen LogP contribution in [0.3, 0.4) is 0 Å². The van der Waals surface area contributed by atoms with Crippen LogP contribution in [-0.2, 0) is 0 Å². The third kappa shape index (κ3) is 1.36. The Balaban J connectivity index is 2.19. The van der Waals surface area contributed by atoms with Gasteiger partial charge in [-0.25, -0.2) is 0 Å². The molecule has 3 aromatic rings. The van der Waals surface area contributed by atoms with Gasteiger partial charge in [0.25, 0.3) is 0 Å². The second-order valence-electron chi connectivity index (χ2n) is 3.17. The molecule has 2 heterocycles. The predicted octanol–water partition coefficient (Wildman–Crippen LogP) is 3.63. The van der Waals surface area contributed by atoms with Gasteiger partial charge in [-0.2, -0.15) is 0 Å². The van der Waals surface area contributed by atoms with Crippen LogP contribution in [0.4, 0.5) is 0 Å². The van der Waals surface area contributed by atoms with Crippen LogP contribution in [-0.4, -0.2) is 14.5 Å². The summed E-state index contributed by atoms with van der Waals surface area (Å²) in [6.45, 7) is 0.